The molecule has 1 aromatic heterocycles. The molecule has 3 N–H and O–H groups in total. The van der Waals surface area contributed by atoms with Crippen molar-refractivity contribution >= 4 is 45.7 Å². The quantitative estimate of drug-likeness (QED) is 0.157. The molecule has 0 saturated carbocycles. The molecular formula is C40H44N4O6S. The van der Waals surface area contributed by atoms with E-state index in [1.54, 1.807) is 48.3 Å². The average Bonchev–Trinajstić information content (AvgIpc) is 3.51. The number of benzene rings is 3. The number of nitrogens with zero attached hydrogens (tertiary/aromatic N) is 2. The van der Waals surface area contributed by atoms with Crippen LogP contribution in [0.1, 0.15) is 81.4 Å². The Morgan fingerprint density at radius 2 is 1.61 bits per heavy atom. The third-order valence-corrected chi connectivity index (χ3v) is 10.9. The molecule has 11 heteroatoms. The number of carboxylic acid groups (broad SMARTS) is 1. The van der Waals surface area contributed by atoms with Gasteiger partial charge in [0.15, 0.2) is 0 Å². The largest absolute Gasteiger partial charge is 0.478 e. The lowest BCUT2D eigenvalue weighted by molar-refractivity contribution is 0.0338. The highest BCUT2D eigenvalue weighted by Gasteiger charge is 2.27. The van der Waals surface area contributed by atoms with E-state index >= 15 is 0 Å². The van der Waals surface area contributed by atoms with Crippen LogP contribution in [0.2, 0.25) is 0 Å². The maximum Gasteiger partial charge on any atom is 0.335 e. The lowest BCUT2D eigenvalue weighted by atomic mass is 9.95. The van der Waals surface area contributed by atoms with Crippen molar-refractivity contribution in [3.05, 3.63) is 116 Å². The van der Waals surface area contributed by atoms with Crippen LogP contribution in [0, 0.1) is 6.92 Å². The lowest BCUT2D eigenvalue weighted by Gasteiger charge is -2.28. The van der Waals surface area contributed by atoms with Crippen LogP contribution in [0.25, 0.3) is 0 Å². The molecule has 1 fully saturated rings. The highest BCUT2D eigenvalue weighted by atomic mass is 32.1. The SMILES string of the molecule is Cc1cc(NC(=O)c2c(NC(=O)c3cccc(C(=O)N(C)CCN4CCOCC4)c3)sc3c2CCCC3)ccc1CCc1ccc(C(=O)O)cc1. The van der Waals surface area contributed by atoms with Crippen molar-refractivity contribution in [2.45, 2.75) is 45.4 Å². The topological polar surface area (TPSA) is 128 Å². The molecule has 0 unspecified atom stereocenters. The van der Waals surface area contributed by atoms with E-state index in [-0.39, 0.29) is 23.3 Å². The smallest absolute Gasteiger partial charge is 0.335 e. The molecule has 3 amide bonds. The van der Waals surface area contributed by atoms with Crippen molar-refractivity contribution in [3.63, 3.8) is 0 Å². The summed E-state index contributed by atoms with van der Waals surface area (Å²) in [4.78, 5) is 57.0. The number of nitrogens with one attached hydrogen (secondary N) is 2. The first-order valence-electron chi connectivity index (χ1n) is 17.5. The number of aromatic carboxylic acids is 1. The number of hydrogen-bond donors (Lipinski definition) is 3. The van der Waals surface area contributed by atoms with Crippen LogP contribution in [0.15, 0.2) is 66.7 Å². The van der Waals surface area contributed by atoms with Crippen LogP contribution in [-0.4, -0.2) is 85.0 Å². The summed E-state index contributed by atoms with van der Waals surface area (Å²) in [7, 11) is 1.77. The summed E-state index contributed by atoms with van der Waals surface area (Å²) in [5, 5.41) is 15.8. The van der Waals surface area contributed by atoms with Gasteiger partial charge in [-0.25, -0.2) is 4.79 Å². The van der Waals surface area contributed by atoms with Gasteiger partial charge in [0.1, 0.15) is 5.00 Å². The third-order valence-electron chi connectivity index (χ3n) is 9.68. The molecule has 0 radical (unpaired) electrons. The van der Waals surface area contributed by atoms with Gasteiger partial charge in [0.05, 0.1) is 24.3 Å². The van der Waals surface area contributed by atoms with E-state index < -0.39 is 5.97 Å². The van der Waals surface area contributed by atoms with Gasteiger partial charge in [-0.1, -0.05) is 24.3 Å². The number of amides is 3. The van der Waals surface area contributed by atoms with Crippen LogP contribution in [0.5, 0.6) is 0 Å². The van der Waals surface area contributed by atoms with Crippen LogP contribution in [-0.2, 0) is 30.4 Å². The van der Waals surface area contributed by atoms with Gasteiger partial charge < -0.3 is 25.4 Å². The van der Waals surface area contributed by atoms with Gasteiger partial charge >= 0.3 is 5.97 Å². The molecule has 3 aromatic carbocycles. The first-order chi connectivity index (χ1) is 24.7. The van der Waals surface area contributed by atoms with Crippen LogP contribution in [0.3, 0.4) is 0 Å². The van der Waals surface area contributed by atoms with E-state index in [0.29, 0.717) is 47.1 Å². The molecule has 51 heavy (non-hydrogen) atoms. The Kier molecular flexibility index (Phi) is 11.6. The first kappa shape index (κ1) is 36.0. The number of carbonyl (C=O) groups is 4. The lowest BCUT2D eigenvalue weighted by Crippen LogP contribution is -2.41. The number of fused-ring (bicyclic) bond motifs is 1. The van der Waals surface area contributed by atoms with Gasteiger partial charge in [0.2, 0.25) is 0 Å². The Labute approximate surface area is 302 Å². The molecule has 6 rings (SSSR count). The summed E-state index contributed by atoms with van der Waals surface area (Å²) in [5.41, 5.74) is 6.45. The minimum Gasteiger partial charge on any atom is -0.478 e. The Bertz CT molecular complexity index is 1910. The molecule has 4 aromatic rings. The van der Waals surface area contributed by atoms with E-state index in [0.717, 1.165) is 85.3 Å². The molecule has 0 bridgehead atoms. The fourth-order valence-electron chi connectivity index (χ4n) is 6.64. The molecule has 1 aliphatic carbocycles. The number of thiophene rings is 1. The van der Waals surface area contributed by atoms with Crippen molar-refractivity contribution in [3.8, 4) is 0 Å². The summed E-state index contributed by atoms with van der Waals surface area (Å²) in [6, 6.07) is 19.5. The zero-order valence-corrected chi connectivity index (χ0v) is 29.9. The van der Waals surface area contributed by atoms with Crippen molar-refractivity contribution in [2.75, 3.05) is 57.1 Å². The van der Waals surface area contributed by atoms with Crippen molar-refractivity contribution in [2.24, 2.45) is 0 Å². The van der Waals surface area contributed by atoms with Crippen LogP contribution in [0.4, 0.5) is 10.7 Å². The first-order valence-corrected chi connectivity index (χ1v) is 18.3. The number of aryl methyl sites for hydroxylation is 4. The van der Waals surface area contributed by atoms with Crippen LogP contribution < -0.4 is 10.6 Å². The molecule has 2 aliphatic rings. The fourth-order valence-corrected chi connectivity index (χ4v) is 7.92. The normalized spacial score (nSPS) is 14.4. The second-order valence-corrected chi connectivity index (χ2v) is 14.3. The zero-order chi connectivity index (χ0) is 35.9. The monoisotopic (exact) mass is 708 g/mol. The van der Waals surface area contributed by atoms with Gasteiger partial charge in [-0.15, -0.1) is 11.3 Å². The number of morpholine rings is 1. The van der Waals surface area contributed by atoms with E-state index in [4.69, 9.17) is 9.84 Å². The Morgan fingerprint density at radius 1 is 0.863 bits per heavy atom. The predicted octanol–water partition coefficient (Wildman–Crippen LogP) is 6.33. The molecule has 1 aliphatic heterocycles. The van der Waals surface area contributed by atoms with Gasteiger partial charge in [-0.05, 0) is 110 Å². The summed E-state index contributed by atoms with van der Waals surface area (Å²) < 4.78 is 5.41. The van der Waals surface area contributed by atoms with E-state index in [2.05, 4.69) is 15.5 Å². The summed E-state index contributed by atoms with van der Waals surface area (Å²) >= 11 is 1.46. The van der Waals surface area contributed by atoms with Gasteiger partial charge in [0.25, 0.3) is 17.7 Å². The molecule has 10 nitrogen and oxygen atoms in total. The van der Waals surface area contributed by atoms with E-state index in [9.17, 15) is 19.2 Å². The summed E-state index contributed by atoms with van der Waals surface area (Å²) in [5.74, 6) is -1.72. The maximum absolute atomic E-state index is 13.9. The number of ether oxygens (including phenoxy) is 1. The number of hydrogen-bond acceptors (Lipinski definition) is 7. The number of likely N-dealkylation sites (N-methyl/N-ethyl adjacent to an activating group) is 1. The molecule has 1 saturated heterocycles. The van der Waals surface area contributed by atoms with Crippen molar-refractivity contribution in [1.82, 2.24) is 9.80 Å². The number of carbonyl (C=O) groups excluding carboxylic acids is 3. The minimum absolute atomic E-state index is 0.153. The third kappa shape index (κ3) is 8.91. The highest BCUT2D eigenvalue weighted by Crippen LogP contribution is 2.39. The standard InChI is InChI=1S/C40H44N4O6S/c1-26-24-32(17-16-28(26)13-10-27-11-14-29(15-12-27)40(48)49)41-37(46)35-33-8-3-4-9-34(33)51-38(35)42-36(45)30-6-5-7-31(25-30)39(47)43(2)18-19-44-20-22-50-23-21-44/h5-7,11-12,14-17,24-25H,3-4,8-10,13,18-23H2,1-2H3,(H,41,46)(H,42,45)(H,48,49). The van der Waals surface area contributed by atoms with E-state index in [1.165, 1.54) is 11.3 Å². The van der Waals surface area contributed by atoms with Crippen LogP contribution >= 0.6 is 11.3 Å². The summed E-state index contributed by atoms with van der Waals surface area (Å²) in [6.07, 6.45) is 5.20. The molecule has 266 valence electrons. The molecule has 0 spiro atoms. The van der Waals surface area contributed by atoms with Gasteiger partial charge in [-0.3, -0.25) is 19.3 Å². The molecule has 2 heterocycles. The second-order valence-electron chi connectivity index (χ2n) is 13.2. The molecule has 0 atom stereocenters. The maximum atomic E-state index is 13.9. The van der Waals surface area contributed by atoms with Gasteiger partial charge in [-0.2, -0.15) is 0 Å². The zero-order valence-electron chi connectivity index (χ0n) is 29.1. The van der Waals surface area contributed by atoms with Gasteiger partial charge in [0, 0.05) is 54.9 Å². The Balaban J connectivity index is 1.12. The van der Waals surface area contributed by atoms with E-state index in [1.807, 2.05) is 37.3 Å². The number of carboxylic acids is 1. The summed E-state index contributed by atoms with van der Waals surface area (Å²) in [6.45, 7) is 6.45. The minimum atomic E-state index is -0.940. The highest BCUT2D eigenvalue weighted by molar-refractivity contribution is 7.17. The predicted molar refractivity (Wildman–Crippen MR) is 200 cm³/mol. The van der Waals surface area contributed by atoms with Crippen molar-refractivity contribution in [1.29, 1.82) is 0 Å². The second kappa shape index (κ2) is 16.5. The number of anilines is 2. The Hall–Kier alpha value is -4.84. The average molecular weight is 709 g/mol. The Morgan fingerprint density at radius 3 is 2.35 bits per heavy atom. The fraction of sp³-hybridized carbons (Fsp3) is 0.350. The number of rotatable bonds is 12. The van der Waals surface area contributed by atoms with Crippen molar-refractivity contribution < 1.29 is 29.0 Å². The molecular weight excluding hydrogens is 665 g/mol.